The van der Waals surface area contributed by atoms with E-state index in [-0.39, 0.29) is 16.8 Å². The predicted molar refractivity (Wildman–Crippen MR) is 91.8 cm³/mol. The standard InChI is InChI=1S/C17H25N3O3S/c18-11-14-9-10-20(12-14)17(21)8-3-13-1-6-16(7-2-13)24(22,23)19-15-4-5-15/h1-2,6-7,14-15,19H,3-5,8-12,18H2. The molecule has 1 saturated heterocycles. The molecule has 1 amide bonds. The Hall–Kier alpha value is -1.44. The van der Waals surface area contributed by atoms with Crippen molar-refractivity contribution >= 4 is 15.9 Å². The summed E-state index contributed by atoms with van der Waals surface area (Å²) < 4.78 is 26.9. The highest BCUT2D eigenvalue weighted by Gasteiger charge is 2.28. The summed E-state index contributed by atoms with van der Waals surface area (Å²) in [5.41, 5.74) is 6.63. The normalized spacial score (nSPS) is 21.2. The van der Waals surface area contributed by atoms with Crippen LogP contribution in [0.5, 0.6) is 0 Å². The van der Waals surface area contributed by atoms with Crippen LogP contribution in [0.3, 0.4) is 0 Å². The van der Waals surface area contributed by atoms with Gasteiger partial charge in [0.15, 0.2) is 0 Å². The van der Waals surface area contributed by atoms with E-state index in [1.165, 1.54) is 0 Å². The van der Waals surface area contributed by atoms with Gasteiger partial charge in [-0.15, -0.1) is 0 Å². The molecule has 0 aromatic heterocycles. The van der Waals surface area contributed by atoms with Gasteiger partial charge in [-0.2, -0.15) is 0 Å². The highest BCUT2D eigenvalue weighted by molar-refractivity contribution is 7.89. The van der Waals surface area contributed by atoms with Gasteiger partial charge in [0.1, 0.15) is 0 Å². The van der Waals surface area contributed by atoms with Crippen LogP contribution in [0.15, 0.2) is 29.2 Å². The van der Waals surface area contributed by atoms with Crippen LogP contribution < -0.4 is 10.5 Å². The van der Waals surface area contributed by atoms with Crippen molar-refractivity contribution < 1.29 is 13.2 Å². The Balaban J connectivity index is 1.52. The lowest BCUT2D eigenvalue weighted by molar-refractivity contribution is -0.130. The molecule has 24 heavy (non-hydrogen) atoms. The van der Waals surface area contributed by atoms with Crippen molar-refractivity contribution in [2.24, 2.45) is 11.7 Å². The third-order valence-electron chi connectivity index (χ3n) is 4.73. The van der Waals surface area contributed by atoms with Crippen molar-refractivity contribution in [2.45, 2.75) is 43.0 Å². The second-order valence-corrected chi connectivity index (χ2v) is 8.48. The number of nitrogens with one attached hydrogen (secondary N) is 1. The molecule has 0 bridgehead atoms. The number of aryl methyl sites for hydroxylation is 1. The molecule has 6 nitrogen and oxygen atoms in total. The number of benzene rings is 1. The quantitative estimate of drug-likeness (QED) is 0.762. The van der Waals surface area contributed by atoms with Gasteiger partial charge in [-0.25, -0.2) is 13.1 Å². The third kappa shape index (κ3) is 4.34. The Bertz CT molecular complexity index is 684. The summed E-state index contributed by atoms with van der Waals surface area (Å²) in [4.78, 5) is 14.4. The van der Waals surface area contributed by atoms with Crippen LogP contribution in [0.1, 0.15) is 31.2 Å². The molecule has 1 aliphatic heterocycles. The summed E-state index contributed by atoms with van der Waals surface area (Å²) in [6.45, 7) is 2.19. The number of rotatable bonds is 7. The first-order valence-electron chi connectivity index (χ1n) is 8.57. The van der Waals surface area contributed by atoms with Crippen LogP contribution in [-0.2, 0) is 21.2 Å². The summed E-state index contributed by atoms with van der Waals surface area (Å²) in [6, 6.07) is 6.92. The second kappa shape index (κ2) is 7.21. The minimum absolute atomic E-state index is 0.102. The number of nitrogens with two attached hydrogens (primary N) is 1. The van der Waals surface area contributed by atoms with E-state index in [0.29, 0.717) is 25.3 Å². The van der Waals surface area contributed by atoms with Crippen LogP contribution in [0.25, 0.3) is 0 Å². The first-order chi connectivity index (χ1) is 11.5. The van der Waals surface area contributed by atoms with Gasteiger partial charge in [-0.1, -0.05) is 12.1 Å². The van der Waals surface area contributed by atoms with Crippen molar-refractivity contribution in [3.8, 4) is 0 Å². The number of hydrogen-bond donors (Lipinski definition) is 2. The number of amides is 1. The van der Waals surface area contributed by atoms with Gasteiger partial charge in [0.2, 0.25) is 15.9 Å². The van der Waals surface area contributed by atoms with Crippen molar-refractivity contribution in [1.82, 2.24) is 9.62 Å². The molecule has 0 spiro atoms. The van der Waals surface area contributed by atoms with E-state index in [9.17, 15) is 13.2 Å². The van der Waals surface area contributed by atoms with Gasteiger partial charge >= 0.3 is 0 Å². The van der Waals surface area contributed by atoms with Crippen molar-refractivity contribution in [3.63, 3.8) is 0 Å². The Kier molecular flexibility index (Phi) is 5.22. The molecular weight excluding hydrogens is 326 g/mol. The molecule has 2 aliphatic rings. The second-order valence-electron chi connectivity index (χ2n) is 6.77. The van der Waals surface area contributed by atoms with Crippen LogP contribution in [0, 0.1) is 5.92 Å². The van der Waals surface area contributed by atoms with Crippen molar-refractivity contribution in [3.05, 3.63) is 29.8 Å². The first kappa shape index (κ1) is 17.4. The SMILES string of the molecule is NCC1CCN(C(=O)CCc2ccc(S(=O)(=O)NC3CC3)cc2)C1. The fourth-order valence-corrected chi connectivity index (χ4v) is 4.29. The number of carbonyl (C=O) groups is 1. The highest BCUT2D eigenvalue weighted by atomic mass is 32.2. The zero-order valence-corrected chi connectivity index (χ0v) is 14.6. The maximum absolute atomic E-state index is 12.2. The summed E-state index contributed by atoms with van der Waals surface area (Å²) in [5.74, 6) is 0.579. The van der Waals surface area contributed by atoms with Crippen molar-refractivity contribution in [1.29, 1.82) is 0 Å². The van der Waals surface area contributed by atoms with E-state index >= 15 is 0 Å². The number of hydrogen-bond acceptors (Lipinski definition) is 4. The van der Waals surface area contributed by atoms with E-state index in [4.69, 9.17) is 5.73 Å². The molecule has 1 heterocycles. The lowest BCUT2D eigenvalue weighted by Crippen LogP contribution is -2.30. The molecule has 2 fully saturated rings. The van der Waals surface area contributed by atoms with E-state index < -0.39 is 10.0 Å². The largest absolute Gasteiger partial charge is 0.342 e. The van der Waals surface area contributed by atoms with E-state index in [1.807, 2.05) is 4.90 Å². The van der Waals surface area contributed by atoms with Gasteiger partial charge < -0.3 is 10.6 Å². The molecule has 0 radical (unpaired) electrons. The fraction of sp³-hybridized carbons (Fsp3) is 0.588. The summed E-state index contributed by atoms with van der Waals surface area (Å²) >= 11 is 0. The number of likely N-dealkylation sites (tertiary alicyclic amines) is 1. The van der Waals surface area contributed by atoms with E-state index in [2.05, 4.69) is 4.72 Å². The average molecular weight is 351 g/mol. The smallest absolute Gasteiger partial charge is 0.240 e. The van der Waals surface area contributed by atoms with Crippen LogP contribution >= 0.6 is 0 Å². The fourth-order valence-electron chi connectivity index (χ4n) is 2.98. The van der Waals surface area contributed by atoms with Gasteiger partial charge in [-0.05, 0) is 55.8 Å². The number of carbonyl (C=O) groups excluding carboxylic acids is 1. The molecule has 3 rings (SSSR count). The van der Waals surface area contributed by atoms with E-state index in [1.54, 1.807) is 24.3 Å². The maximum atomic E-state index is 12.2. The maximum Gasteiger partial charge on any atom is 0.240 e. The average Bonchev–Trinajstić information content (AvgIpc) is 3.24. The highest BCUT2D eigenvalue weighted by Crippen LogP contribution is 2.22. The molecule has 3 N–H and O–H groups in total. The topological polar surface area (TPSA) is 92.5 Å². The van der Waals surface area contributed by atoms with Gasteiger partial charge in [0.25, 0.3) is 0 Å². The summed E-state index contributed by atoms with van der Waals surface area (Å²) in [6.07, 6.45) is 3.90. The third-order valence-corrected chi connectivity index (χ3v) is 6.27. The zero-order chi connectivity index (χ0) is 17.2. The molecule has 1 unspecified atom stereocenters. The molecule has 7 heteroatoms. The van der Waals surface area contributed by atoms with Gasteiger partial charge in [0.05, 0.1) is 4.90 Å². The lowest BCUT2D eigenvalue weighted by Gasteiger charge is -2.16. The minimum atomic E-state index is -3.40. The monoisotopic (exact) mass is 351 g/mol. The molecule has 1 aliphatic carbocycles. The Labute approximate surface area is 143 Å². The summed E-state index contributed by atoms with van der Waals surface area (Å²) in [7, 11) is -3.40. The first-order valence-corrected chi connectivity index (χ1v) is 10.1. The molecule has 1 aromatic carbocycles. The molecule has 1 atom stereocenters. The molecule has 1 saturated carbocycles. The summed E-state index contributed by atoms with van der Waals surface area (Å²) in [5, 5.41) is 0. The van der Waals surface area contributed by atoms with Crippen LogP contribution in [0.2, 0.25) is 0 Å². The number of nitrogens with zero attached hydrogens (tertiary/aromatic N) is 1. The molecule has 1 aromatic rings. The van der Waals surface area contributed by atoms with Crippen LogP contribution in [0.4, 0.5) is 0 Å². The Morgan fingerprint density at radius 2 is 1.92 bits per heavy atom. The minimum Gasteiger partial charge on any atom is -0.342 e. The predicted octanol–water partition coefficient (Wildman–Crippen LogP) is 0.867. The Morgan fingerprint density at radius 1 is 1.21 bits per heavy atom. The lowest BCUT2D eigenvalue weighted by atomic mass is 10.1. The van der Waals surface area contributed by atoms with Gasteiger partial charge in [0, 0.05) is 25.6 Å². The molecule has 132 valence electrons. The van der Waals surface area contributed by atoms with Crippen LogP contribution in [-0.4, -0.2) is 44.9 Å². The molecular formula is C17H25N3O3S. The number of sulfonamides is 1. The van der Waals surface area contributed by atoms with Gasteiger partial charge in [-0.3, -0.25) is 4.79 Å². The zero-order valence-electron chi connectivity index (χ0n) is 13.8. The van der Waals surface area contributed by atoms with E-state index in [0.717, 1.165) is 37.9 Å². The Morgan fingerprint density at radius 3 is 2.50 bits per heavy atom. The van der Waals surface area contributed by atoms with Crippen molar-refractivity contribution in [2.75, 3.05) is 19.6 Å².